The van der Waals surface area contributed by atoms with Gasteiger partial charge in [-0.1, -0.05) is 25.1 Å². The third kappa shape index (κ3) is 2.51. The summed E-state index contributed by atoms with van der Waals surface area (Å²) in [4.78, 5) is 16.9. The van der Waals surface area contributed by atoms with E-state index in [-0.39, 0.29) is 5.56 Å². The average molecular weight is 276 g/mol. The highest BCUT2D eigenvalue weighted by atomic mass is 32.2. The first kappa shape index (κ1) is 13.7. The molecule has 5 heteroatoms. The number of benzene rings is 1. The fourth-order valence-electron chi connectivity index (χ4n) is 1.99. The lowest BCUT2D eigenvalue weighted by Gasteiger charge is -2.13. The van der Waals surface area contributed by atoms with Gasteiger partial charge in [-0.3, -0.25) is 13.6 Å². The van der Waals surface area contributed by atoms with E-state index in [4.69, 9.17) is 0 Å². The van der Waals surface area contributed by atoms with Crippen molar-refractivity contribution in [3.8, 4) is 5.69 Å². The molecule has 19 heavy (non-hydrogen) atoms. The Balaban J connectivity index is 2.79. The summed E-state index contributed by atoms with van der Waals surface area (Å²) in [7, 11) is -1.25. The summed E-state index contributed by atoms with van der Waals surface area (Å²) in [5, 5.41) is 0.383. The van der Waals surface area contributed by atoms with Gasteiger partial charge < -0.3 is 0 Å². The van der Waals surface area contributed by atoms with Crippen LogP contribution in [0.2, 0.25) is 0 Å². The van der Waals surface area contributed by atoms with Crippen molar-refractivity contribution in [2.75, 3.05) is 6.26 Å². The van der Waals surface area contributed by atoms with E-state index < -0.39 is 10.8 Å². The first-order chi connectivity index (χ1) is 9.06. The molecule has 0 saturated heterocycles. The van der Waals surface area contributed by atoms with E-state index in [1.54, 1.807) is 17.7 Å². The number of rotatable bonds is 3. The van der Waals surface area contributed by atoms with Gasteiger partial charge in [-0.2, -0.15) is 0 Å². The van der Waals surface area contributed by atoms with Crippen molar-refractivity contribution >= 4 is 10.8 Å². The van der Waals surface area contributed by atoms with Crippen LogP contribution in [0.3, 0.4) is 0 Å². The molecule has 0 amide bonds. The summed E-state index contributed by atoms with van der Waals surface area (Å²) in [5.41, 5.74) is 1.08. The molecule has 1 unspecified atom stereocenters. The second-order valence-electron chi connectivity index (χ2n) is 4.24. The fourth-order valence-corrected chi connectivity index (χ4v) is 2.74. The first-order valence-electron chi connectivity index (χ1n) is 6.07. The summed E-state index contributed by atoms with van der Waals surface area (Å²) >= 11 is 0. The van der Waals surface area contributed by atoms with E-state index >= 15 is 0 Å². The van der Waals surface area contributed by atoms with Gasteiger partial charge in [0.15, 0.2) is 0 Å². The Morgan fingerprint density at radius 3 is 2.42 bits per heavy atom. The zero-order valence-corrected chi connectivity index (χ0v) is 12.0. The molecule has 2 aromatic rings. The summed E-state index contributed by atoms with van der Waals surface area (Å²) < 4.78 is 13.2. The highest BCUT2D eigenvalue weighted by molar-refractivity contribution is 7.84. The molecule has 0 spiro atoms. The topological polar surface area (TPSA) is 52.0 Å². The molecule has 1 heterocycles. The smallest absolute Gasteiger partial charge is 0.262 e. The molecule has 0 N–H and O–H groups in total. The van der Waals surface area contributed by atoms with Crippen molar-refractivity contribution in [1.82, 2.24) is 9.55 Å². The van der Waals surface area contributed by atoms with Crippen LogP contribution in [0, 0.1) is 6.92 Å². The van der Waals surface area contributed by atoms with Crippen LogP contribution < -0.4 is 5.56 Å². The van der Waals surface area contributed by atoms with Crippen molar-refractivity contribution in [2.45, 2.75) is 25.3 Å². The third-order valence-corrected chi connectivity index (χ3v) is 3.88. The van der Waals surface area contributed by atoms with Gasteiger partial charge in [0, 0.05) is 18.2 Å². The Labute approximate surface area is 114 Å². The third-order valence-electron chi connectivity index (χ3n) is 2.94. The highest BCUT2D eigenvalue weighted by Crippen LogP contribution is 2.12. The minimum absolute atomic E-state index is 0.150. The monoisotopic (exact) mass is 276 g/mol. The molecule has 0 aliphatic rings. The summed E-state index contributed by atoms with van der Waals surface area (Å²) in [6.45, 7) is 3.60. The lowest BCUT2D eigenvalue weighted by molar-refractivity contribution is 0.677. The van der Waals surface area contributed by atoms with E-state index in [0.29, 0.717) is 22.8 Å². The Morgan fingerprint density at radius 1 is 1.26 bits per heavy atom. The van der Waals surface area contributed by atoms with Gasteiger partial charge in [0.05, 0.1) is 16.5 Å². The lowest BCUT2D eigenvalue weighted by atomic mass is 10.2. The SMILES string of the molecule is CCc1nc(S(C)=O)c(C)c(=O)n1-c1ccccc1. The fraction of sp³-hybridized carbons (Fsp3) is 0.286. The molecule has 1 aromatic heterocycles. The second-order valence-corrected chi connectivity index (χ2v) is 5.54. The minimum atomic E-state index is -1.25. The van der Waals surface area contributed by atoms with Gasteiger partial charge in [-0.25, -0.2) is 4.98 Å². The van der Waals surface area contributed by atoms with E-state index in [0.717, 1.165) is 5.69 Å². The second kappa shape index (κ2) is 5.48. The van der Waals surface area contributed by atoms with Crippen molar-refractivity contribution in [3.05, 3.63) is 52.1 Å². The normalized spacial score (nSPS) is 12.4. The summed E-state index contributed by atoms with van der Waals surface area (Å²) in [6.07, 6.45) is 2.15. The largest absolute Gasteiger partial charge is 0.269 e. The molecule has 4 nitrogen and oxygen atoms in total. The van der Waals surface area contributed by atoms with Crippen LogP contribution in [-0.2, 0) is 17.2 Å². The van der Waals surface area contributed by atoms with E-state index in [9.17, 15) is 9.00 Å². The van der Waals surface area contributed by atoms with Crippen LogP contribution in [0.15, 0.2) is 40.2 Å². The Hall–Kier alpha value is -1.75. The van der Waals surface area contributed by atoms with E-state index in [2.05, 4.69) is 4.98 Å². The molecule has 1 atom stereocenters. The predicted octanol–water partition coefficient (Wildman–Crippen LogP) is 1.84. The molecule has 0 fully saturated rings. The van der Waals surface area contributed by atoms with E-state index in [1.807, 2.05) is 37.3 Å². The van der Waals surface area contributed by atoms with Crippen LogP contribution in [0.25, 0.3) is 5.69 Å². The highest BCUT2D eigenvalue weighted by Gasteiger charge is 2.15. The number of nitrogens with zero attached hydrogens (tertiary/aromatic N) is 2. The van der Waals surface area contributed by atoms with Crippen LogP contribution in [0.4, 0.5) is 0 Å². The number of hydrogen-bond donors (Lipinski definition) is 0. The number of hydrogen-bond acceptors (Lipinski definition) is 3. The quantitative estimate of drug-likeness (QED) is 0.804. The molecule has 0 radical (unpaired) electrons. The van der Waals surface area contributed by atoms with Crippen LogP contribution in [-0.4, -0.2) is 20.0 Å². The zero-order valence-electron chi connectivity index (χ0n) is 11.2. The van der Waals surface area contributed by atoms with Gasteiger partial charge in [-0.05, 0) is 19.1 Å². The number of aromatic nitrogens is 2. The molecule has 1 aromatic carbocycles. The summed E-state index contributed by atoms with van der Waals surface area (Å²) in [5.74, 6) is 0.631. The maximum atomic E-state index is 12.5. The maximum absolute atomic E-state index is 12.5. The van der Waals surface area contributed by atoms with Crippen molar-refractivity contribution in [2.24, 2.45) is 0 Å². The van der Waals surface area contributed by atoms with Crippen LogP contribution in [0.5, 0.6) is 0 Å². The average Bonchev–Trinajstić information content (AvgIpc) is 2.42. The van der Waals surface area contributed by atoms with Crippen molar-refractivity contribution < 1.29 is 4.21 Å². The number of para-hydroxylation sites is 1. The molecule has 100 valence electrons. The molecular weight excluding hydrogens is 260 g/mol. The molecule has 0 aliphatic carbocycles. The van der Waals surface area contributed by atoms with Crippen molar-refractivity contribution in [3.63, 3.8) is 0 Å². The molecule has 0 aliphatic heterocycles. The van der Waals surface area contributed by atoms with Gasteiger partial charge in [0.2, 0.25) is 0 Å². The Bertz CT molecular complexity index is 678. The van der Waals surface area contributed by atoms with Gasteiger partial charge >= 0.3 is 0 Å². The predicted molar refractivity (Wildman–Crippen MR) is 76.3 cm³/mol. The standard InChI is InChI=1S/C14H16N2O2S/c1-4-12-15-13(19(3)18)10(2)14(17)16(12)11-8-6-5-7-9-11/h5-9H,4H2,1-3H3. The molecular formula is C14H16N2O2S. The molecule has 0 bridgehead atoms. The number of aryl methyl sites for hydroxylation is 1. The minimum Gasteiger partial charge on any atom is -0.269 e. The first-order valence-corrected chi connectivity index (χ1v) is 7.63. The maximum Gasteiger partial charge on any atom is 0.262 e. The van der Waals surface area contributed by atoms with Crippen LogP contribution in [0.1, 0.15) is 18.3 Å². The molecule has 2 rings (SSSR count). The van der Waals surface area contributed by atoms with Crippen LogP contribution >= 0.6 is 0 Å². The van der Waals surface area contributed by atoms with Gasteiger partial charge in [0.1, 0.15) is 10.9 Å². The van der Waals surface area contributed by atoms with E-state index in [1.165, 1.54) is 0 Å². The van der Waals surface area contributed by atoms with Gasteiger partial charge in [0.25, 0.3) is 5.56 Å². The Morgan fingerprint density at radius 2 is 1.89 bits per heavy atom. The lowest BCUT2D eigenvalue weighted by Crippen LogP contribution is -2.27. The van der Waals surface area contributed by atoms with Gasteiger partial charge in [-0.15, -0.1) is 0 Å². The molecule has 0 saturated carbocycles. The van der Waals surface area contributed by atoms with Crippen molar-refractivity contribution in [1.29, 1.82) is 0 Å². The summed E-state index contributed by atoms with van der Waals surface area (Å²) in [6, 6.07) is 9.38. The Kier molecular flexibility index (Phi) is 3.95. The zero-order chi connectivity index (χ0) is 14.0.